The number of amides is 1. The van der Waals surface area contributed by atoms with Gasteiger partial charge in [0.1, 0.15) is 12.3 Å². The van der Waals surface area contributed by atoms with Crippen molar-refractivity contribution in [1.82, 2.24) is 9.88 Å². The Morgan fingerprint density at radius 1 is 1.11 bits per heavy atom. The van der Waals surface area contributed by atoms with Crippen molar-refractivity contribution < 1.29 is 14.4 Å². The fourth-order valence-electron chi connectivity index (χ4n) is 3.67. The predicted molar refractivity (Wildman–Crippen MR) is 106 cm³/mol. The van der Waals surface area contributed by atoms with Gasteiger partial charge in [0.15, 0.2) is 6.61 Å². The molecule has 140 valence electrons. The van der Waals surface area contributed by atoms with E-state index in [1.54, 1.807) is 0 Å². The molecule has 0 aliphatic carbocycles. The molecule has 4 rings (SSSR count). The van der Waals surface area contributed by atoms with E-state index >= 15 is 0 Å². The zero-order valence-electron chi connectivity index (χ0n) is 15.7. The number of nitrogens with zero attached hydrogens (tertiary/aromatic N) is 1. The van der Waals surface area contributed by atoms with Crippen LogP contribution < -0.4 is 9.64 Å². The lowest BCUT2D eigenvalue weighted by Gasteiger charge is -2.32. The first-order chi connectivity index (χ1) is 13.2. The van der Waals surface area contributed by atoms with E-state index in [0.29, 0.717) is 0 Å². The minimum atomic E-state index is 0.0710. The fraction of sp³-hybridized carbons (Fsp3) is 0.318. The SMILES string of the molecule is Cc1ccc(OCC(=O)N2CC[NH+](Cc3c[nH]c4ccccc34)CC2)cc1. The summed E-state index contributed by atoms with van der Waals surface area (Å²) in [4.78, 5) is 19.2. The van der Waals surface area contributed by atoms with Gasteiger partial charge in [-0.2, -0.15) is 0 Å². The number of benzene rings is 2. The third kappa shape index (κ3) is 4.14. The largest absolute Gasteiger partial charge is 0.484 e. The monoisotopic (exact) mass is 364 g/mol. The molecule has 0 atom stereocenters. The number of nitrogens with one attached hydrogen (secondary N) is 2. The average molecular weight is 364 g/mol. The molecule has 0 spiro atoms. The molecule has 27 heavy (non-hydrogen) atoms. The van der Waals surface area contributed by atoms with Crippen molar-refractivity contribution in [3.63, 3.8) is 0 Å². The molecule has 0 unspecified atom stereocenters. The molecule has 1 aliphatic rings. The molecule has 1 amide bonds. The van der Waals surface area contributed by atoms with Crippen LogP contribution >= 0.6 is 0 Å². The van der Waals surface area contributed by atoms with Crippen LogP contribution in [0.25, 0.3) is 10.9 Å². The summed E-state index contributed by atoms with van der Waals surface area (Å²) in [7, 11) is 0. The summed E-state index contributed by atoms with van der Waals surface area (Å²) in [6, 6.07) is 16.2. The van der Waals surface area contributed by atoms with Gasteiger partial charge in [-0.1, -0.05) is 35.9 Å². The summed E-state index contributed by atoms with van der Waals surface area (Å²) in [5.41, 5.74) is 3.72. The number of hydrogen-bond acceptors (Lipinski definition) is 2. The van der Waals surface area contributed by atoms with Gasteiger partial charge >= 0.3 is 0 Å². The molecule has 1 aromatic heterocycles. The number of rotatable bonds is 5. The number of carbonyl (C=O) groups excluding carboxylic acids is 1. The minimum absolute atomic E-state index is 0.0710. The lowest BCUT2D eigenvalue weighted by molar-refractivity contribution is -0.917. The first-order valence-corrected chi connectivity index (χ1v) is 9.55. The number of quaternary nitrogens is 1. The Labute approximate surface area is 159 Å². The maximum atomic E-state index is 12.4. The standard InChI is InChI=1S/C22H25N3O2/c1-17-6-8-19(9-7-17)27-16-22(26)25-12-10-24(11-13-25)15-18-14-23-21-5-3-2-4-20(18)21/h2-9,14,23H,10-13,15-16H2,1H3/p+1. The Hall–Kier alpha value is -2.79. The fourth-order valence-corrected chi connectivity index (χ4v) is 3.67. The molecule has 1 fully saturated rings. The topological polar surface area (TPSA) is 49.8 Å². The summed E-state index contributed by atoms with van der Waals surface area (Å²) in [6.07, 6.45) is 2.12. The van der Waals surface area contributed by atoms with Crippen LogP contribution in [-0.4, -0.2) is 48.6 Å². The van der Waals surface area contributed by atoms with Crippen LogP contribution in [0, 0.1) is 6.92 Å². The predicted octanol–water partition coefficient (Wildman–Crippen LogP) is 1.78. The highest BCUT2D eigenvalue weighted by molar-refractivity contribution is 5.82. The van der Waals surface area contributed by atoms with Crippen molar-refractivity contribution in [2.24, 2.45) is 0 Å². The van der Waals surface area contributed by atoms with E-state index in [9.17, 15) is 4.79 Å². The van der Waals surface area contributed by atoms with Crippen LogP contribution in [0.2, 0.25) is 0 Å². The summed E-state index contributed by atoms with van der Waals surface area (Å²) in [5, 5.41) is 1.30. The van der Waals surface area contributed by atoms with Crippen molar-refractivity contribution >= 4 is 16.8 Å². The zero-order valence-corrected chi connectivity index (χ0v) is 15.7. The van der Waals surface area contributed by atoms with Gasteiger partial charge in [0.2, 0.25) is 0 Å². The van der Waals surface area contributed by atoms with E-state index in [2.05, 4.69) is 35.4 Å². The van der Waals surface area contributed by atoms with Gasteiger partial charge in [-0.05, 0) is 25.1 Å². The Morgan fingerprint density at radius 2 is 1.85 bits per heavy atom. The van der Waals surface area contributed by atoms with Crippen LogP contribution in [0.3, 0.4) is 0 Å². The lowest BCUT2D eigenvalue weighted by atomic mass is 10.1. The number of piperazine rings is 1. The second-order valence-electron chi connectivity index (χ2n) is 7.27. The van der Waals surface area contributed by atoms with Gasteiger partial charge in [-0.25, -0.2) is 0 Å². The normalized spacial score (nSPS) is 15.2. The van der Waals surface area contributed by atoms with E-state index in [4.69, 9.17) is 4.74 Å². The van der Waals surface area contributed by atoms with Crippen molar-refractivity contribution in [3.05, 3.63) is 65.9 Å². The molecule has 2 N–H and O–H groups in total. The first kappa shape index (κ1) is 17.6. The Balaban J connectivity index is 1.27. The number of aromatic nitrogens is 1. The van der Waals surface area contributed by atoms with Gasteiger partial charge in [-0.3, -0.25) is 4.79 Å². The van der Waals surface area contributed by atoms with Crippen molar-refractivity contribution in [2.75, 3.05) is 32.8 Å². The first-order valence-electron chi connectivity index (χ1n) is 9.55. The number of ether oxygens (including phenoxy) is 1. The summed E-state index contributed by atoms with van der Waals surface area (Å²) >= 11 is 0. The maximum absolute atomic E-state index is 12.4. The molecule has 2 aromatic carbocycles. The minimum Gasteiger partial charge on any atom is -0.484 e. The van der Waals surface area contributed by atoms with E-state index in [-0.39, 0.29) is 12.5 Å². The van der Waals surface area contributed by atoms with E-state index < -0.39 is 0 Å². The number of aromatic amines is 1. The van der Waals surface area contributed by atoms with Gasteiger partial charge < -0.3 is 19.5 Å². The third-order valence-corrected chi connectivity index (χ3v) is 5.32. The number of H-pyrrole nitrogens is 1. The van der Waals surface area contributed by atoms with Gasteiger partial charge in [0.05, 0.1) is 26.2 Å². The molecule has 0 bridgehead atoms. The molecule has 0 saturated carbocycles. The Bertz CT molecular complexity index is 909. The molecule has 5 heteroatoms. The quantitative estimate of drug-likeness (QED) is 0.725. The Kier molecular flexibility index (Phi) is 5.12. The summed E-state index contributed by atoms with van der Waals surface area (Å²) in [5.74, 6) is 0.819. The molecule has 1 aliphatic heterocycles. The Morgan fingerprint density at radius 3 is 2.63 bits per heavy atom. The number of aryl methyl sites for hydroxylation is 1. The van der Waals surface area contributed by atoms with Crippen LogP contribution in [0.5, 0.6) is 5.75 Å². The van der Waals surface area contributed by atoms with Crippen LogP contribution in [0.15, 0.2) is 54.7 Å². The highest BCUT2D eigenvalue weighted by atomic mass is 16.5. The number of fused-ring (bicyclic) bond motifs is 1. The second-order valence-corrected chi connectivity index (χ2v) is 7.27. The smallest absolute Gasteiger partial charge is 0.260 e. The van der Waals surface area contributed by atoms with Crippen molar-refractivity contribution in [3.8, 4) is 5.75 Å². The molecule has 3 aromatic rings. The van der Waals surface area contributed by atoms with Gasteiger partial charge in [0.25, 0.3) is 5.91 Å². The van der Waals surface area contributed by atoms with E-state index in [1.807, 2.05) is 36.1 Å². The lowest BCUT2D eigenvalue weighted by Crippen LogP contribution is -3.13. The second kappa shape index (κ2) is 7.84. The van der Waals surface area contributed by atoms with Crippen LogP contribution in [-0.2, 0) is 11.3 Å². The van der Waals surface area contributed by atoms with E-state index in [0.717, 1.165) is 38.5 Å². The third-order valence-electron chi connectivity index (χ3n) is 5.32. The molecular formula is C22H26N3O2+. The van der Waals surface area contributed by atoms with Gasteiger partial charge in [-0.15, -0.1) is 0 Å². The van der Waals surface area contributed by atoms with E-state index in [1.165, 1.54) is 26.9 Å². The highest BCUT2D eigenvalue weighted by Gasteiger charge is 2.24. The highest BCUT2D eigenvalue weighted by Crippen LogP contribution is 2.16. The maximum Gasteiger partial charge on any atom is 0.260 e. The zero-order chi connectivity index (χ0) is 18.6. The average Bonchev–Trinajstić information content (AvgIpc) is 3.11. The van der Waals surface area contributed by atoms with Crippen molar-refractivity contribution in [1.29, 1.82) is 0 Å². The van der Waals surface area contributed by atoms with Crippen molar-refractivity contribution in [2.45, 2.75) is 13.5 Å². The summed E-state index contributed by atoms with van der Waals surface area (Å²) < 4.78 is 5.63. The molecule has 0 radical (unpaired) electrons. The number of carbonyl (C=O) groups is 1. The molecule has 2 heterocycles. The van der Waals surface area contributed by atoms with Gasteiger partial charge in [0, 0.05) is 22.7 Å². The van der Waals surface area contributed by atoms with Crippen LogP contribution in [0.1, 0.15) is 11.1 Å². The number of hydrogen-bond donors (Lipinski definition) is 2. The molecule has 5 nitrogen and oxygen atoms in total. The molecular weight excluding hydrogens is 338 g/mol. The number of para-hydroxylation sites is 1. The molecule has 1 saturated heterocycles. The summed E-state index contributed by atoms with van der Waals surface area (Å²) in [6.45, 7) is 6.65. The van der Waals surface area contributed by atoms with Crippen LogP contribution in [0.4, 0.5) is 0 Å².